The molecule has 4 rings (SSSR count). The molecule has 0 radical (unpaired) electrons. The third-order valence-corrected chi connectivity index (χ3v) is 5.28. The van der Waals surface area contributed by atoms with Crippen LogP contribution in [0.1, 0.15) is 42.6 Å². The molecule has 25 heavy (non-hydrogen) atoms. The first-order valence-electron chi connectivity index (χ1n) is 8.57. The average Bonchev–Trinajstić information content (AvgIpc) is 3.27. The van der Waals surface area contributed by atoms with Gasteiger partial charge in [0.25, 0.3) is 5.91 Å². The van der Waals surface area contributed by atoms with Crippen molar-refractivity contribution in [1.82, 2.24) is 15.0 Å². The number of rotatable bonds is 3. The Morgan fingerprint density at radius 3 is 2.88 bits per heavy atom. The highest BCUT2D eigenvalue weighted by molar-refractivity contribution is 5.96. The lowest BCUT2D eigenvalue weighted by atomic mass is 9.84. The van der Waals surface area contributed by atoms with Crippen molar-refractivity contribution < 1.29 is 19.2 Å². The molecule has 2 fully saturated rings. The second-order valence-corrected chi connectivity index (χ2v) is 6.73. The molecular weight excluding hydrogens is 322 g/mol. The molecule has 0 unspecified atom stereocenters. The fourth-order valence-corrected chi connectivity index (χ4v) is 4.13. The second kappa shape index (κ2) is 6.31. The Labute approximate surface area is 144 Å². The zero-order valence-corrected chi connectivity index (χ0v) is 13.7. The van der Waals surface area contributed by atoms with Crippen molar-refractivity contribution in [3.63, 3.8) is 0 Å². The van der Waals surface area contributed by atoms with Crippen LogP contribution in [-0.2, 0) is 4.79 Å². The number of pyridine rings is 1. The van der Waals surface area contributed by atoms with E-state index >= 15 is 0 Å². The molecule has 7 heteroatoms. The van der Waals surface area contributed by atoms with E-state index in [0.29, 0.717) is 12.2 Å². The van der Waals surface area contributed by atoms with E-state index in [9.17, 15) is 14.7 Å². The number of likely N-dealkylation sites (tertiary alicyclic amines) is 1. The maximum atomic E-state index is 13.0. The van der Waals surface area contributed by atoms with Crippen molar-refractivity contribution in [2.75, 3.05) is 0 Å². The Morgan fingerprint density at radius 2 is 2.12 bits per heavy atom. The van der Waals surface area contributed by atoms with Crippen molar-refractivity contribution in [2.45, 2.75) is 44.2 Å². The Hall–Kier alpha value is -2.70. The highest BCUT2D eigenvalue weighted by Gasteiger charge is 2.48. The molecule has 2 aliphatic rings. The fraction of sp³-hybridized carbons (Fsp3) is 0.444. The highest BCUT2D eigenvalue weighted by atomic mass is 16.5. The Bertz CT molecular complexity index is 789. The molecule has 1 amide bonds. The lowest BCUT2D eigenvalue weighted by molar-refractivity contribution is -0.141. The number of amides is 1. The Balaban J connectivity index is 1.63. The molecule has 0 aromatic carbocycles. The molecule has 1 N–H and O–H groups in total. The predicted molar refractivity (Wildman–Crippen MR) is 87.7 cm³/mol. The number of hydrogen-bond acceptors (Lipinski definition) is 5. The summed E-state index contributed by atoms with van der Waals surface area (Å²) in [5.41, 5.74) is 0.872. The van der Waals surface area contributed by atoms with Crippen LogP contribution < -0.4 is 0 Å². The molecule has 0 bridgehead atoms. The molecule has 130 valence electrons. The van der Waals surface area contributed by atoms with Crippen molar-refractivity contribution in [1.29, 1.82) is 0 Å². The van der Waals surface area contributed by atoms with E-state index in [0.717, 1.165) is 31.2 Å². The number of fused-ring (bicyclic) bond motifs is 1. The second-order valence-electron chi connectivity index (χ2n) is 6.73. The summed E-state index contributed by atoms with van der Waals surface area (Å²) in [5.74, 6) is -0.592. The molecule has 0 spiro atoms. The van der Waals surface area contributed by atoms with Crippen LogP contribution in [0, 0.1) is 5.92 Å². The fourth-order valence-electron chi connectivity index (χ4n) is 4.13. The molecule has 1 saturated carbocycles. The lowest BCUT2D eigenvalue weighted by Gasteiger charge is -2.32. The number of carbonyl (C=O) groups excluding carboxylic acids is 1. The molecule has 3 heterocycles. The standard InChI is InChI=1S/C18H19N3O4/c22-17(13-9-16(25-20-13)12-5-3-7-19-10-12)21-14-6-2-1-4-11(14)8-15(21)18(23)24/h3,5,7,9-11,14-15H,1-2,4,6,8H2,(H,23,24)/t11-,14+,15+/m1/s1. The third kappa shape index (κ3) is 2.79. The van der Waals surface area contributed by atoms with Gasteiger partial charge in [0.05, 0.1) is 0 Å². The average molecular weight is 341 g/mol. The molecule has 3 atom stereocenters. The molecule has 7 nitrogen and oxygen atoms in total. The summed E-state index contributed by atoms with van der Waals surface area (Å²) >= 11 is 0. The van der Waals surface area contributed by atoms with Gasteiger partial charge in [-0.2, -0.15) is 0 Å². The lowest BCUT2D eigenvalue weighted by Crippen LogP contribution is -2.46. The molecule has 2 aromatic heterocycles. The van der Waals surface area contributed by atoms with Crippen LogP contribution in [-0.4, -0.2) is 44.1 Å². The van der Waals surface area contributed by atoms with Gasteiger partial charge < -0.3 is 14.5 Å². The summed E-state index contributed by atoms with van der Waals surface area (Å²) in [7, 11) is 0. The minimum atomic E-state index is -0.946. The maximum Gasteiger partial charge on any atom is 0.326 e. The van der Waals surface area contributed by atoms with Crippen molar-refractivity contribution in [3.8, 4) is 11.3 Å². The quantitative estimate of drug-likeness (QED) is 0.922. The highest BCUT2D eigenvalue weighted by Crippen LogP contribution is 2.40. The first kappa shape index (κ1) is 15.8. The van der Waals surface area contributed by atoms with E-state index in [4.69, 9.17) is 4.52 Å². The van der Waals surface area contributed by atoms with E-state index in [2.05, 4.69) is 10.1 Å². The zero-order valence-electron chi connectivity index (χ0n) is 13.7. The van der Waals surface area contributed by atoms with Gasteiger partial charge in [-0.3, -0.25) is 9.78 Å². The van der Waals surface area contributed by atoms with Crippen molar-refractivity contribution >= 4 is 11.9 Å². The van der Waals surface area contributed by atoms with E-state index in [1.54, 1.807) is 24.5 Å². The van der Waals surface area contributed by atoms with Crippen LogP contribution in [0.15, 0.2) is 35.1 Å². The Morgan fingerprint density at radius 1 is 1.28 bits per heavy atom. The minimum absolute atomic E-state index is 0.0131. The summed E-state index contributed by atoms with van der Waals surface area (Å²) in [6, 6.07) is 4.36. The molecule has 1 saturated heterocycles. The van der Waals surface area contributed by atoms with Gasteiger partial charge in [0.15, 0.2) is 11.5 Å². The van der Waals surface area contributed by atoms with Gasteiger partial charge in [-0.25, -0.2) is 4.79 Å². The molecule has 1 aliphatic carbocycles. The SMILES string of the molecule is O=C(O)[C@@H]1C[C@H]2CCCC[C@@H]2N1C(=O)c1cc(-c2cccnc2)on1. The predicted octanol–water partition coefficient (Wildman–Crippen LogP) is 2.59. The topological polar surface area (TPSA) is 96.5 Å². The van der Waals surface area contributed by atoms with Gasteiger partial charge in [0.1, 0.15) is 6.04 Å². The van der Waals surface area contributed by atoms with Crippen LogP contribution in [0.3, 0.4) is 0 Å². The van der Waals surface area contributed by atoms with Gasteiger partial charge in [-0.15, -0.1) is 0 Å². The molecule has 1 aliphatic heterocycles. The van der Waals surface area contributed by atoms with Crippen LogP contribution >= 0.6 is 0 Å². The molecular formula is C18H19N3O4. The van der Waals surface area contributed by atoms with E-state index < -0.39 is 12.0 Å². The number of aromatic nitrogens is 2. The zero-order chi connectivity index (χ0) is 17.4. The summed E-state index contributed by atoms with van der Waals surface area (Å²) in [6.45, 7) is 0. The van der Waals surface area contributed by atoms with Crippen LogP contribution in [0.2, 0.25) is 0 Å². The van der Waals surface area contributed by atoms with Crippen LogP contribution in [0.4, 0.5) is 0 Å². The number of hydrogen-bond donors (Lipinski definition) is 1. The summed E-state index contributed by atoms with van der Waals surface area (Å²) in [5, 5.41) is 13.4. The van der Waals surface area contributed by atoms with Crippen LogP contribution in [0.25, 0.3) is 11.3 Å². The van der Waals surface area contributed by atoms with Crippen molar-refractivity contribution in [3.05, 3.63) is 36.3 Å². The van der Waals surface area contributed by atoms with Gasteiger partial charge in [0.2, 0.25) is 0 Å². The Kier molecular flexibility index (Phi) is 3.99. The summed E-state index contributed by atoms with van der Waals surface area (Å²) in [6.07, 6.45) is 7.77. The van der Waals surface area contributed by atoms with Crippen molar-refractivity contribution in [2.24, 2.45) is 5.92 Å². The largest absolute Gasteiger partial charge is 0.480 e. The number of carboxylic acid groups (broad SMARTS) is 1. The van der Waals surface area contributed by atoms with E-state index in [-0.39, 0.29) is 23.6 Å². The van der Waals surface area contributed by atoms with E-state index in [1.165, 1.54) is 4.90 Å². The number of nitrogens with zero attached hydrogens (tertiary/aromatic N) is 3. The number of aliphatic carboxylic acids is 1. The number of carboxylic acids is 1. The maximum absolute atomic E-state index is 13.0. The summed E-state index contributed by atoms with van der Waals surface area (Å²) in [4.78, 5) is 30.2. The van der Waals surface area contributed by atoms with E-state index in [1.807, 2.05) is 6.07 Å². The monoisotopic (exact) mass is 341 g/mol. The van der Waals surface area contributed by atoms with Gasteiger partial charge >= 0.3 is 5.97 Å². The third-order valence-electron chi connectivity index (χ3n) is 5.28. The van der Waals surface area contributed by atoms with Gasteiger partial charge in [-0.1, -0.05) is 18.0 Å². The first-order valence-corrected chi connectivity index (χ1v) is 8.57. The first-order chi connectivity index (χ1) is 12.1. The van der Waals surface area contributed by atoms with Crippen LogP contribution in [0.5, 0.6) is 0 Å². The minimum Gasteiger partial charge on any atom is -0.480 e. The van der Waals surface area contributed by atoms with Gasteiger partial charge in [-0.05, 0) is 37.3 Å². The smallest absolute Gasteiger partial charge is 0.326 e. The number of carbonyl (C=O) groups is 2. The molecule has 2 aromatic rings. The summed E-state index contributed by atoms with van der Waals surface area (Å²) < 4.78 is 5.28. The van der Waals surface area contributed by atoms with Gasteiger partial charge in [0, 0.05) is 30.1 Å². The normalized spacial score (nSPS) is 25.6.